The van der Waals surface area contributed by atoms with Gasteiger partial charge < -0.3 is 10.1 Å². The summed E-state index contributed by atoms with van der Waals surface area (Å²) in [6, 6.07) is 9.07. The lowest BCUT2D eigenvalue weighted by atomic mass is 10.1. The van der Waals surface area contributed by atoms with E-state index in [-0.39, 0.29) is 5.75 Å². The number of hydrogen-bond donors (Lipinski definition) is 2. The van der Waals surface area contributed by atoms with Gasteiger partial charge in [-0.2, -0.15) is 0 Å². The molecule has 0 amide bonds. The van der Waals surface area contributed by atoms with Crippen molar-refractivity contribution in [1.29, 1.82) is 0 Å². The Hall–Kier alpha value is -2.69. The Morgan fingerprint density at radius 3 is 2.89 bits per heavy atom. The highest BCUT2D eigenvalue weighted by Crippen LogP contribution is 2.27. The van der Waals surface area contributed by atoms with Crippen LogP contribution in [0.15, 0.2) is 52.7 Å². The largest absolute Gasteiger partial charge is 0.508 e. The van der Waals surface area contributed by atoms with Gasteiger partial charge in [0.2, 0.25) is 0 Å². The van der Waals surface area contributed by atoms with Crippen molar-refractivity contribution < 1.29 is 5.11 Å². The minimum Gasteiger partial charge on any atom is -0.508 e. The molecule has 2 N–H and O–H groups in total. The van der Waals surface area contributed by atoms with Crippen LogP contribution in [0.2, 0.25) is 0 Å². The lowest BCUT2D eigenvalue weighted by Gasteiger charge is -2.05. The van der Waals surface area contributed by atoms with E-state index in [2.05, 4.69) is 20.0 Å². The summed E-state index contributed by atoms with van der Waals surface area (Å²) >= 11 is 0. The molecule has 4 rings (SSSR count). The highest BCUT2D eigenvalue weighted by atomic mass is 16.3. The Balaban J connectivity index is 1.98. The molecule has 0 fully saturated rings. The number of benzene rings is 1. The maximum absolute atomic E-state index is 9.88. The Labute approximate surface area is 108 Å². The number of aromatic hydroxyl groups is 1. The zero-order valence-corrected chi connectivity index (χ0v) is 9.91. The Morgan fingerprint density at radius 1 is 1.11 bits per heavy atom. The number of fused-ring (bicyclic) bond motifs is 3. The first-order chi connectivity index (χ1) is 9.33. The topological polar surface area (TPSA) is 73.6 Å². The summed E-state index contributed by atoms with van der Waals surface area (Å²) in [6.07, 6.45) is 3.15. The van der Waals surface area contributed by atoms with Crippen LogP contribution in [-0.2, 0) is 0 Å². The third-order valence-electron chi connectivity index (χ3n) is 3.27. The maximum Gasteiger partial charge on any atom is 0.170 e. The number of aromatic amines is 1. The number of phenols is 1. The van der Waals surface area contributed by atoms with Gasteiger partial charge in [0.1, 0.15) is 16.8 Å². The van der Waals surface area contributed by atoms with E-state index in [1.165, 1.54) is 0 Å². The van der Waals surface area contributed by atoms with E-state index in [1.807, 2.05) is 24.4 Å². The number of pyridine rings is 1. The fourth-order valence-corrected chi connectivity index (χ4v) is 2.34. The van der Waals surface area contributed by atoms with Crippen molar-refractivity contribution in [2.45, 2.75) is 6.17 Å². The molecule has 0 saturated heterocycles. The summed E-state index contributed by atoms with van der Waals surface area (Å²) in [5.41, 5.74) is 1.51. The van der Waals surface area contributed by atoms with Gasteiger partial charge in [0, 0.05) is 17.1 Å². The van der Waals surface area contributed by atoms with Gasteiger partial charge in [-0.05, 0) is 12.1 Å². The molecular formula is C14H10N4O. The molecule has 0 spiro atoms. The van der Waals surface area contributed by atoms with E-state index in [1.54, 1.807) is 18.3 Å². The van der Waals surface area contributed by atoms with E-state index in [9.17, 15) is 5.11 Å². The van der Waals surface area contributed by atoms with Crippen LogP contribution in [0, 0.1) is 0 Å². The first-order valence-corrected chi connectivity index (χ1v) is 5.98. The minimum atomic E-state index is -0.390. The van der Waals surface area contributed by atoms with Crippen molar-refractivity contribution in [2.75, 3.05) is 0 Å². The summed E-state index contributed by atoms with van der Waals surface area (Å²) in [7, 11) is 0. The van der Waals surface area contributed by atoms with Gasteiger partial charge in [-0.25, -0.2) is 9.98 Å². The van der Waals surface area contributed by atoms with Crippen LogP contribution in [0.4, 0.5) is 0 Å². The molecule has 3 heterocycles. The van der Waals surface area contributed by atoms with Crippen LogP contribution in [-0.4, -0.2) is 15.1 Å². The third-order valence-corrected chi connectivity index (χ3v) is 3.27. The molecule has 0 saturated carbocycles. The summed E-state index contributed by atoms with van der Waals surface area (Å²) in [4.78, 5) is 16.5. The van der Waals surface area contributed by atoms with E-state index < -0.39 is 6.17 Å². The number of rotatable bonds is 1. The monoisotopic (exact) mass is 250 g/mol. The van der Waals surface area contributed by atoms with E-state index in [0.29, 0.717) is 5.56 Å². The standard InChI is InChI=1S/C14H10N4O/c19-11-4-2-1-3-8(11)14-17-10-7-16-13-9(5-6-15-13)12(10)18-14/h1-7,14-15,19H. The van der Waals surface area contributed by atoms with Gasteiger partial charge in [0.15, 0.2) is 6.17 Å². The highest BCUT2D eigenvalue weighted by molar-refractivity contribution is 5.74. The molecule has 5 nitrogen and oxygen atoms in total. The number of phenolic OH excluding ortho intramolecular Hbond substituents is 1. The van der Waals surface area contributed by atoms with Crippen LogP contribution in [0.5, 0.6) is 5.75 Å². The Morgan fingerprint density at radius 2 is 2.00 bits per heavy atom. The van der Waals surface area contributed by atoms with Gasteiger partial charge >= 0.3 is 0 Å². The molecule has 1 atom stereocenters. The molecule has 5 heteroatoms. The highest BCUT2D eigenvalue weighted by Gasteiger charge is 2.17. The minimum absolute atomic E-state index is 0.214. The van der Waals surface area contributed by atoms with Gasteiger partial charge in [0.25, 0.3) is 0 Å². The number of hydrogen-bond acceptors (Lipinski definition) is 4. The average Bonchev–Trinajstić information content (AvgIpc) is 3.04. The van der Waals surface area contributed by atoms with Gasteiger partial charge in [-0.3, -0.25) is 4.99 Å². The summed E-state index contributed by atoms with van der Waals surface area (Å²) in [5.74, 6) is 0.214. The molecule has 2 aromatic heterocycles. The second kappa shape index (κ2) is 3.65. The summed E-state index contributed by atoms with van der Waals surface area (Å²) in [5, 5.41) is 12.4. The van der Waals surface area contributed by atoms with E-state index >= 15 is 0 Å². The molecule has 92 valence electrons. The van der Waals surface area contributed by atoms with E-state index in [4.69, 9.17) is 0 Å². The third kappa shape index (κ3) is 1.45. The van der Waals surface area contributed by atoms with Crippen LogP contribution in [0.25, 0.3) is 11.0 Å². The molecule has 1 aliphatic heterocycles. The molecule has 0 bridgehead atoms. The van der Waals surface area contributed by atoms with Crippen molar-refractivity contribution in [3.63, 3.8) is 0 Å². The molecule has 3 aromatic rings. The van der Waals surface area contributed by atoms with E-state index in [0.717, 1.165) is 21.7 Å². The fraction of sp³-hybridized carbons (Fsp3) is 0.0714. The smallest absolute Gasteiger partial charge is 0.170 e. The normalized spacial score (nSPS) is 16.9. The fourth-order valence-electron chi connectivity index (χ4n) is 2.34. The van der Waals surface area contributed by atoms with Gasteiger partial charge in [0.05, 0.1) is 11.6 Å². The summed E-state index contributed by atoms with van der Waals surface area (Å²) in [6.45, 7) is 0. The molecule has 19 heavy (non-hydrogen) atoms. The van der Waals surface area contributed by atoms with Crippen molar-refractivity contribution in [2.24, 2.45) is 9.98 Å². The SMILES string of the molecule is Oc1ccccc1C1N=c2cnc3[nH]ccc3c2=N1. The van der Waals surface area contributed by atoms with Crippen molar-refractivity contribution in [3.05, 3.63) is 59.0 Å². The number of aromatic nitrogens is 2. The van der Waals surface area contributed by atoms with Crippen LogP contribution in [0.1, 0.15) is 11.7 Å². The molecule has 1 aromatic carbocycles. The maximum atomic E-state index is 9.88. The molecular weight excluding hydrogens is 240 g/mol. The van der Waals surface area contributed by atoms with Crippen LogP contribution >= 0.6 is 0 Å². The first-order valence-electron chi connectivity index (χ1n) is 5.98. The molecule has 0 aliphatic carbocycles. The lowest BCUT2D eigenvalue weighted by Crippen LogP contribution is -2.22. The van der Waals surface area contributed by atoms with Gasteiger partial charge in [-0.15, -0.1) is 0 Å². The molecule has 1 aliphatic rings. The predicted molar refractivity (Wildman–Crippen MR) is 69.3 cm³/mol. The lowest BCUT2D eigenvalue weighted by molar-refractivity contribution is 0.462. The number of H-pyrrole nitrogens is 1. The van der Waals surface area contributed by atoms with Crippen molar-refractivity contribution in [1.82, 2.24) is 9.97 Å². The molecule has 1 unspecified atom stereocenters. The van der Waals surface area contributed by atoms with Crippen LogP contribution in [0.3, 0.4) is 0 Å². The zero-order chi connectivity index (χ0) is 12.8. The second-order valence-electron chi connectivity index (χ2n) is 4.42. The molecule has 0 radical (unpaired) electrons. The second-order valence-corrected chi connectivity index (χ2v) is 4.42. The number of nitrogens with one attached hydrogen (secondary N) is 1. The van der Waals surface area contributed by atoms with Crippen molar-refractivity contribution >= 4 is 11.0 Å². The summed E-state index contributed by atoms with van der Waals surface area (Å²) < 4.78 is 0. The Bertz CT molecular complexity index is 897. The zero-order valence-electron chi connectivity index (χ0n) is 9.91. The van der Waals surface area contributed by atoms with Gasteiger partial charge in [-0.1, -0.05) is 18.2 Å². The quantitative estimate of drug-likeness (QED) is 0.681. The number of nitrogens with zero attached hydrogens (tertiary/aromatic N) is 3. The first kappa shape index (κ1) is 10.3. The Kier molecular flexibility index (Phi) is 1.97. The van der Waals surface area contributed by atoms with Crippen molar-refractivity contribution in [3.8, 4) is 5.75 Å². The predicted octanol–water partition coefficient (Wildman–Crippen LogP) is 1.22. The average molecular weight is 250 g/mol. The number of para-hydroxylation sites is 1. The van der Waals surface area contributed by atoms with Crippen LogP contribution < -0.4 is 10.7 Å².